The van der Waals surface area contributed by atoms with Crippen LogP contribution in [0.2, 0.25) is 0 Å². The number of carboxylic acid groups (broad SMARTS) is 2. The zero-order valence-electron chi connectivity index (χ0n) is 11.5. The summed E-state index contributed by atoms with van der Waals surface area (Å²) in [5.74, 6) is -1.32. The fraction of sp³-hybridized carbons (Fsp3) is 0.818. The third-order valence-corrected chi connectivity index (χ3v) is 3.30. The van der Waals surface area contributed by atoms with Gasteiger partial charge in [0, 0.05) is 7.05 Å². The highest BCUT2D eigenvalue weighted by molar-refractivity contribution is 5.71. The van der Waals surface area contributed by atoms with Crippen molar-refractivity contribution in [3.05, 3.63) is 0 Å². The van der Waals surface area contributed by atoms with Crippen molar-refractivity contribution in [3.63, 3.8) is 0 Å². The highest BCUT2D eigenvalue weighted by Gasteiger charge is 2.49. The molecule has 10 nitrogen and oxygen atoms in total. The Labute approximate surface area is 120 Å². The van der Waals surface area contributed by atoms with E-state index in [0.717, 1.165) is 7.05 Å². The van der Waals surface area contributed by atoms with Crippen LogP contribution in [0.25, 0.3) is 0 Å². The van der Waals surface area contributed by atoms with Crippen LogP contribution >= 0.6 is 0 Å². The number of rotatable bonds is 5. The van der Waals surface area contributed by atoms with Crippen molar-refractivity contribution < 1.29 is 44.6 Å². The summed E-state index contributed by atoms with van der Waals surface area (Å²) in [4.78, 5) is 22.5. The van der Waals surface area contributed by atoms with Crippen LogP contribution in [0.15, 0.2) is 0 Å². The van der Waals surface area contributed by atoms with E-state index in [9.17, 15) is 19.8 Å². The van der Waals surface area contributed by atoms with Gasteiger partial charge in [-0.2, -0.15) is 0 Å². The summed E-state index contributed by atoms with van der Waals surface area (Å²) in [6.45, 7) is 0.547. The normalized spacial score (nSPS) is 34.2. The first-order valence-corrected chi connectivity index (χ1v) is 6.17. The molecular weight excluding hydrogens is 290 g/mol. The number of aliphatic carboxylic acids is 1. The van der Waals surface area contributed by atoms with Gasteiger partial charge in [-0.25, -0.2) is 9.59 Å². The van der Waals surface area contributed by atoms with Crippen LogP contribution in [-0.2, 0) is 14.3 Å². The molecule has 6 atom stereocenters. The molecule has 122 valence electrons. The van der Waals surface area contributed by atoms with Crippen molar-refractivity contribution in [1.82, 2.24) is 4.90 Å². The summed E-state index contributed by atoms with van der Waals surface area (Å²) in [6.07, 6.45) is -8.56. The largest absolute Gasteiger partial charge is 0.479 e. The maximum Gasteiger partial charge on any atom is 0.407 e. The SMILES string of the molecule is CC(OC1C(O)C(CO)OC(O)C1N(C)C(=O)O)C(=O)O. The summed E-state index contributed by atoms with van der Waals surface area (Å²) in [7, 11) is 1.12. The fourth-order valence-corrected chi connectivity index (χ4v) is 2.06. The predicted octanol–water partition coefficient (Wildman–Crippen LogP) is -2.11. The summed E-state index contributed by atoms with van der Waals surface area (Å²) < 4.78 is 10.1. The van der Waals surface area contributed by atoms with Crippen LogP contribution < -0.4 is 0 Å². The van der Waals surface area contributed by atoms with E-state index < -0.39 is 55.4 Å². The summed E-state index contributed by atoms with van der Waals surface area (Å²) >= 11 is 0. The van der Waals surface area contributed by atoms with E-state index >= 15 is 0 Å². The van der Waals surface area contributed by atoms with Crippen LogP contribution in [0.1, 0.15) is 6.92 Å². The van der Waals surface area contributed by atoms with Gasteiger partial charge in [0.25, 0.3) is 0 Å². The van der Waals surface area contributed by atoms with Crippen molar-refractivity contribution in [3.8, 4) is 0 Å². The molecule has 1 saturated heterocycles. The van der Waals surface area contributed by atoms with Gasteiger partial charge in [-0.1, -0.05) is 0 Å². The van der Waals surface area contributed by atoms with Gasteiger partial charge in [0.2, 0.25) is 0 Å². The van der Waals surface area contributed by atoms with E-state index in [4.69, 9.17) is 24.8 Å². The standard InChI is InChI=1S/C11H19NO9/c1-4(9(15)16)20-8-6(12(2)11(18)19)10(17)21-5(3-13)7(8)14/h4-8,10,13-14,17H,3H2,1-2H3,(H,15,16)(H,18,19). The number of aliphatic hydroxyl groups excluding tert-OH is 3. The lowest BCUT2D eigenvalue weighted by Crippen LogP contribution is -2.65. The van der Waals surface area contributed by atoms with Crippen molar-refractivity contribution in [2.75, 3.05) is 13.7 Å². The zero-order chi connectivity index (χ0) is 16.3. The molecule has 1 aliphatic rings. The third kappa shape index (κ3) is 3.80. The Morgan fingerprint density at radius 2 is 1.90 bits per heavy atom. The molecule has 1 rings (SSSR count). The van der Waals surface area contributed by atoms with Crippen LogP contribution in [0.4, 0.5) is 4.79 Å². The van der Waals surface area contributed by atoms with E-state index in [0.29, 0.717) is 4.90 Å². The summed E-state index contributed by atoms with van der Waals surface area (Å²) in [5.41, 5.74) is 0. The first-order valence-electron chi connectivity index (χ1n) is 6.17. The topological polar surface area (TPSA) is 157 Å². The first kappa shape index (κ1) is 17.6. The minimum absolute atomic E-state index is 0.650. The minimum Gasteiger partial charge on any atom is -0.479 e. The number of amides is 1. The Balaban J connectivity index is 3.04. The first-order chi connectivity index (χ1) is 9.70. The Morgan fingerprint density at radius 1 is 1.33 bits per heavy atom. The van der Waals surface area contributed by atoms with Crippen molar-refractivity contribution in [1.29, 1.82) is 0 Å². The number of hydrogen-bond donors (Lipinski definition) is 5. The number of hydrogen-bond acceptors (Lipinski definition) is 7. The molecule has 0 spiro atoms. The Hall–Kier alpha value is -1.46. The van der Waals surface area contributed by atoms with Gasteiger partial charge in [0.1, 0.15) is 24.4 Å². The monoisotopic (exact) mass is 309 g/mol. The number of likely N-dealkylation sites (N-methyl/N-ethyl adjacent to an activating group) is 1. The lowest BCUT2D eigenvalue weighted by molar-refractivity contribution is -0.279. The number of nitrogens with zero attached hydrogens (tertiary/aromatic N) is 1. The molecule has 10 heteroatoms. The van der Waals surface area contributed by atoms with E-state index in [2.05, 4.69) is 0 Å². The third-order valence-electron chi connectivity index (χ3n) is 3.30. The number of carbonyl (C=O) groups is 2. The van der Waals surface area contributed by atoms with Crippen molar-refractivity contribution in [2.45, 2.75) is 43.7 Å². The van der Waals surface area contributed by atoms with E-state index in [1.807, 2.05) is 0 Å². The lowest BCUT2D eigenvalue weighted by atomic mass is 9.95. The molecule has 0 aromatic rings. The molecule has 1 amide bonds. The second kappa shape index (κ2) is 7.00. The quantitative estimate of drug-likeness (QED) is 0.383. The number of carboxylic acids is 1. The van der Waals surface area contributed by atoms with E-state index in [1.165, 1.54) is 6.92 Å². The molecule has 0 aromatic carbocycles. The maximum absolute atomic E-state index is 11.0. The van der Waals surface area contributed by atoms with Gasteiger partial charge < -0.3 is 39.9 Å². The maximum atomic E-state index is 11.0. The van der Waals surface area contributed by atoms with Crippen molar-refractivity contribution in [2.24, 2.45) is 0 Å². The molecule has 5 N–H and O–H groups in total. The molecule has 1 aliphatic heterocycles. The average Bonchev–Trinajstić information content (AvgIpc) is 2.41. The second-order valence-corrected chi connectivity index (χ2v) is 4.70. The molecule has 0 bridgehead atoms. The Bertz CT molecular complexity index is 390. The second-order valence-electron chi connectivity index (χ2n) is 4.70. The molecule has 1 fully saturated rings. The summed E-state index contributed by atoms with van der Waals surface area (Å²) in [6, 6.07) is -1.35. The molecule has 0 aliphatic carbocycles. The highest BCUT2D eigenvalue weighted by Crippen LogP contribution is 2.26. The number of ether oxygens (including phenoxy) is 2. The Kier molecular flexibility index (Phi) is 5.87. The smallest absolute Gasteiger partial charge is 0.407 e. The van der Waals surface area contributed by atoms with E-state index in [1.54, 1.807) is 0 Å². The summed E-state index contributed by atoms with van der Waals surface area (Å²) in [5, 5.41) is 46.8. The lowest BCUT2D eigenvalue weighted by Gasteiger charge is -2.45. The molecule has 0 aromatic heterocycles. The molecule has 0 saturated carbocycles. The molecule has 1 heterocycles. The molecular formula is C11H19NO9. The van der Waals surface area contributed by atoms with Crippen LogP contribution in [0.5, 0.6) is 0 Å². The van der Waals surface area contributed by atoms with Crippen LogP contribution in [-0.4, -0.2) is 92.9 Å². The van der Waals surface area contributed by atoms with Gasteiger partial charge in [0.05, 0.1) is 6.61 Å². The van der Waals surface area contributed by atoms with Gasteiger partial charge >= 0.3 is 12.1 Å². The minimum atomic E-state index is -1.68. The molecule has 0 radical (unpaired) electrons. The highest BCUT2D eigenvalue weighted by atomic mass is 16.6. The van der Waals surface area contributed by atoms with Crippen LogP contribution in [0, 0.1) is 0 Å². The average molecular weight is 309 g/mol. The predicted molar refractivity (Wildman–Crippen MR) is 65.5 cm³/mol. The molecule has 6 unspecified atom stereocenters. The van der Waals surface area contributed by atoms with Gasteiger partial charge in [-0.3, -0.25) is 0 Å². The van der Waals surface area contributed by atoms with E-state index in [-0.39, 0.29) is 0 Å². The van der Waals surface area contributed by atoms with Crippen molar-refractivity contribution >= 4 is 12.1 Å². The Morgan fingerprint density at radius 3 is 2.33 bits per heavy atom. The number of aliphatic hydroxyl groups is 3. The zero-order valence-corrected chi connectivity index (χ0v) is 11.5. The van der Waals surface area contributed by atoms with Gasteiger partial charge in [0.15, 0.2) is 12.4 Å². The van der Waals surface area contributed by atoms with Gasteiger partial charge in [-0.05, 0) is 6.92 Å². The molecule has 21 heavy (non-hydrogen) atoms. The fourth-order valence-electron chi connectivity index (χ4n) is 2.06. The van der Waals surface area contributed by atoms with Gasteiger partial charge in [-0.15, -0.1) is 0 Å². The van der Waals surface area contributed by atoms with Crippen LogP contribution in [0.3, 0.4) is 0 Å².